The SMILES string of the molecule is Cc1cccc(Cn2cnc(NC(=O)C(C)n3nccc3C)n2)c1. The summed E-state index contributed by atoms with van der Waals surface area (Å²) in [5, 5.41) is 11.2. The van der Waals surface area contributed by atoms with Crippen molar-refractivity contribution in [2.45, 2.75) is 33.4 Å². The van der Waals surface area contributed by atoms with Crippen LogP contribution in [0.15, 0.2) is 42.9 Å². The van der Waals surface area contributed by atoms with E-state index in [0.717, 1.165) is 11.3 Å². The van der Waals surface area contributed by atoms with Crippen molar-refractivity contribution < 1.29 is 4.79 Å². The Morgan fingerprint density at radius 1 is 1.29 bits per heavy atom. The number of benzene rings is 1. The van der Waals surface area contributed by atoms with Crippen LogP contribution in [0.2, 0.25) is 0 Å². The van der Waals surface area contributed by atoms with Crippen LogP contribution in [0.25, 0.3) is 0 Å². The van der Waals surface area contributed by atoms with Gasteiger partial charge in [-0.1, -0.05) is 29.8 Å². The molecule has 24 heavy (non-hydrogen) atoms. The fourth-order valence-electron chi connectivity index (χ4n) is 2.54. The number of hydrogen-bond donors (Lipinski definition) is 1. The van der Waals surface area contributed by atoms with Gasteiger partial charge in [-0.3, -0.25) is 14.8 Å². The predicted octanol–water partition coefficient (Wildman–Crippen LogP) is 2.34. The first-order chi connectivity index (χ1) is 11.5. The Morgan fingerprint density at radius 2 is 2.12 bits per heavy atom. The molecule has 2 aromatic heterocycles. The summed E-state index contributed by atoms with van der Waals surface area (Å²) in [6.07, 6.45) is 3.29. The third-order valence-corrected chi connectivity index (χ3v) is 3.81. The number of amides is 1. The molecule has 1 aromatic carbocycles. The molecule has 0 aliphatic rings. The summed E-state index contributed by atoms with van der Waals surface area (Å²) in [7, 11) is 0. The lowest BCUT2D eigenvalue weighted by atomic mass is 10.1. The molecule has 1 N–H and O–H groups in total. The van der Waals surface area contributed by atoms with E-state index in [-0.39, 0.29) is 5.91 Å². The van der Waals surface area contributed by atoms with Gasteiger partial charge < -0.3 is 0 Å². The van der Waals surface area contributed by atoms with E-state index in [1.807, 2.05) is 25.1 Å². The average Bonchev–Trinajstić information content (AvgIpc) is 3.15. The van der Waals surface area contributed by atoms with E-state index in [4.69, 9.17) is 0 Å². The van der Waals surface area contributed by atoms with E-state index in [0.29, 0.717) is 12.5 Å². The predicted molar refractivity (Wildman–Crippen MR) is 90.6 cm³/mol. The zero-order valence-electron chi connectivity index (χ0n) is 14.0. The first kappa shape index (κ1) is 15.9. The zero-order valence-corrected chi connectivity index (χ0v) is 14.0. The van der Waals surface area contributed by atoms with Gasteiger partial charge in [0.05, 0.1) is 6.54 Å². The molecule has 3 aromatic rings. The highest BCUT2D eigenvalue weighted by atomic mass is 16.2. The van der Waals surface area contributed by atoms with Crippen LogP contribution in [0.3, 0.4) is 0 Å². The Kier molecular flexibility index (Phi) is 4.41. The molecule has 0 radical (unpaired) electrons. The standard InChI is InChI=1S/C17H20N6O/c1-12-5-4-6-15(9-12)10-22-11-18-17(21-22)20-16(24)14(3)23-13(2)7-8-19-23/h4-9,11,14H,10H2,1-3H3,(H,20,21,24). The fraction of sp³-hybridized carbons (Fsp3) is 0.294. The fourth-order valence-corrected chi connectivity index (χ4v) is 2.54. The van der Waals surface area contributed by atoms with Crippen molar-refractivity contribution in [3.05, 3.63) is 59.7 Å². The lowest BCUT2D eigenvalue weighted by Crippen LogP contribution is -2.25. The lowest BCUT2D eigenvalue weighted by molar-refractivity contribution is -0.119. The summed E-state index contributed by atoms with van der Waals surface area (Å²) >= 11 is 0. The van der Waals surface area contributed by atoms with Crippen molar-refractivity contribution >= 4 is 11.9 Å². The van der Waals surface area contributed by atoms with Crippen molar-refractivity contribution in [3.63, 3.8) is 0 Å². The second-order valence-corrected chi connectivity index (χ2v) is 5.84. The maximum Gasteiger partial charge on any atom is 0.251 e. The molecular formula is C17H20N6O. The summed E-state index contributed by atoms with van der Waals surface area (Å²) in [6.45, 7) is 6.36. The van der Waals surface area contributed by atoms with Gasteiger partial charge in [-0.15, -0.1) is 5.10 Å². The Bertz CT molecular complexity index is 850. The average molecular weight is 324 g/mol. The van der Waals surface area contributed by atoms with Crippen molar-refractivity contribution in [1.29, 1.82) is 0 Å². The third kappa shape index (κ3) is 3.51. The zero-order chi connectivity index (χ0) is 17.1. The van der Waals surface area contributed by atoms with E-state index < -0.39 is 6.04 Å². The Labute approximate surface area is 140 Å². The largest absolute Gasteiger partial charge is 0.291 e. The van der Waals surface area contributed by atoms with E-state index >= 15 is 0 Å². The van der Waals surface area contributed by atoms with Crippen LogP contribution < -0.4 is 5.32 Å². The van der Waals surface area contributed by atoms with Crippen LogP contribution in [0.4, 0.5) is 5.95 Å². The third-order valence-electron chi connectivity index (χ3n) is 3.81. The van der Waals surface area contributed by atoms with Gasteiger partial charge in [0, 0.05) is 11.9 Å². The molecule has 124 valence electrons. The quantitative estimate of drug-likeness (QED) is 0.781. The van der Waals surface area contributed by atoms with Crippen LogP contribution in [-0.2, 0) is 11.3 Å². The summed E-state index contributed by atoms with van der Waals surface area (Å²) < 4.78 is 3.37. The van der Waals surface area contributed by atoms with E-state index in [1.165, 1.54) is 5.56 Å². The highest BCUT2D eigenvalue weighted by molar-refractivity contribution is 5.91. The molecule has 0 bridgehead atoms. The summed E-state index contributed by atoms with van der Waals surface area (Å²) in [6, 6.07) is 9.63. The monoisotopic (exact) mass is 324 g/mol. The second kappa shape index (κ2) is 6.66. The molecule has 0 saturated heterocycles. The van der Waals surface area contributed by atoms with Gasteiger partial charge in [-0.2, -0.15) is 5.10 Å². The number of anilines is 1. The number of aromatic nitrogens is 5. The molecule has 3 rings (SSSR count). The minimum Gasteiger partial charge on any atom is -0.291 e. The Morgan fingerprint density at radius 3 is 2.83 bits per heavy atom. The van der Waals surface area contributed by atoms with Gasteiger partial charge in [0.25, 0.3) is 5.91 Å². The molecule has 1 amide bonds. The Hall–Kier alpha value is -2.96. The van der Waals surface area contributed by atoms with Crippen LogP contribution in [0, 0.1) is 13.8 Å². The maximum atomic E-state index is 12.3. The number of nitrogens with zero attached hydrogens (tertiary/aromatic N) is 5. The highest BCUT2D eigenvalue weighted by Gasteiger charge is 2.18. The first-order valence-corrected chi connectivity index (χ1v) is 7.79. The highest BCUT2D eigenvalue weighted by Crippen LogP contribution is 2.11. The normalized spacial score (nSPS) is 12.1. The van der Waals surface area contributed by atoms with Crippen molar-refractivity contribution in [3.8, 4) is 0 Å². The van der Waals surface area contributed by atoms with Crippen LogP contribution in [0.5, 0.6) is 0 Å². The number of aryl methyl sites for hydroxylation is 2. The van der Waals surface area contributed by atoms with Crippen molar-refractivity contribution in [2.75, 3.05) is 5.32 Å². The van der Waals surface area contributed by atoms with Gasteiger partial charge in [0.15, 0.2) is 0 Å². The molecule has 0 aliphatic heterocycles. The molecule has 1 unspecified atom stereocenters. The number of carbonyl (C=O) groups excluding carboxylic acids is 1. The summed E-state index contributed by atoms with van der Waals surface area (Å²) in [4.78, 5) is 16.5. The first-order valence-electron chi connectivity index (χ1n) is 7.79. The molecule has 2 heterocycles. The van der Waals surface area contributed by atoms with Crippen LogP contribution >= 0.6 is 0 Å². The smallest absolute Gasteiger partial charge is 0.251 e. The molecular weight excluding hydrogens is 304 g/mol. The van der Waals surface area contributed by atoms with E-state index in [9.17, 15) is 4.79 Å². The van der Waals surface area contributed by atoms with Crippen LogP contribution in [-0.4, -0.2) is 30.5 Å². The van der Waals surface area contributed by atoms with E-state index in [1.54, 1.807) is 28.8 Å². The van der Waals surface area contributed by atoms with Crippen molar-refractivity contribution in [1.82, 2.24) is 24.5 Å². The minimum absolute atomic E-state index is 0.199. The molecule has 7 nitrogen and oxygen atoms in total. The van der Waals surface area contributed by atoms with E-state index in [2.05, 4.69) is 39.6 Å². The number of rotatable bonds is 5. The molecule has 0 saturated carbocycles. The molecule has 1 atom stereocenters. The lowest BCUT2D eigenvalue weighted by Gasteiger charge is -2.12. The second-order valence-electron chi connectivity index (χ2n) is 5.84. The van der Waals surface area contributed by atoms with Gasteiger partial charge in [-0.05, 0) is 32.4 Å². The van der Waals surface area contributed by atoms with Gasteiger partial charge >= 0.3 is 0 Å². The number of nitrogens with one attached hydrogen (secondary N) is 1. The summed E-state index contributed by atoms with van der Waals surface area (Å²) in [5.74, 6) is 0.0967. The van der Waals surface area contributed by atoms with Gasteiger partial charge in [0.2, 0.25) is 5.95 Å². The van der Waals surface area contributed by atoms with Crippen LogP contribution in [0.1, 0.15) is 29.8 Å². The number of hydrogen-bond acceptors (Lipinski definition) is 4. The maximum absolute atomic E-state index is 12.3. The Balaban J connectivity index is 1.65. The molecule has 0 spiro atoms. The topological polar surface area (TPSA) is 77.6 Å². The molecule has 0 aliphatic carbocycles. The van der Waals surface area contributed by atoms with Gasteiger partial charge in [-0.25, -0.2) is 9.67 Å². The summed E-state index contributed by atoms with van der Waals surface area (Å²) in [5.41, 5.74) is 3.26. The van der Waals surface area contributed by atoms with Crippen molar-refractivity contribution in [2.24, 2.45) is 0 Å². The molecule has 0 fully saturated rings. The number of carbonyl (C=O) groups is 1. The molecule has 7 heteroatoms. The minimum atomic E-state index is -0.427. The van der Waals surface area contributed by atoms with Gasteiger partial charge in [0.1, 0.15) is 12.4 Å².